The lowest BCUT2D eigenvalue weighted by Crippen LogP contribution is -2.22. The standard InChI is InChI=1S/C14H20BrNO/c1-14(2)6-7-16(10-14)9-11-4-5-13(17-3)12(15)8-11/h4-5,8H,6-7,9-10H2,1-3H3. The molecular weight excluding hydrogens is 278 g/mol. The van der Waals surface area contributed by atoms with Gasteiger partial charge < -0.3 is 4.74 Å². The molecule has 1 aromatic carbocycles. The fraction of sp³-hybridized carbons (Fsp3) is 0.571. The van der Waals surface area contributed by atoms with Crippen LogP contribution in [0.3, 0.4) is 0 Å². The van der Waals surface area contributed by atoms with Crippen molar-refractivity contribution in [3.8, 4) is 5.75 Å². The smallest absolute Gasteiger partial charge is 0.133 e. The topological polar surface area (TPSA) is 12.5 Å². The van der Waals surface area contributed by atoms with Gasteiger partial charge in [0.15, 0.2) is 0 Å². The fourth-order valence-electron chi connectivity index (χ4n) is 2.43. The molecule has 0 atom stereocenters. The predicted molar refractivity (Wildman–Crippen MR) is 74.4 cm³/mol. The maximum absolute atomic E-state index is 5.24. The molecule has 0 aliphatic carbocycles. The predicted octanol–water partition coefficient (Wildman–Crippen LogP) is 3.69. The van der Waals surface area contributed by atoms with Crippen LogP contribution in [0.2, 0.25) is 0 Å². The first-order valence-electron chi connectivity index (χ1n) is 6.05. The third-order valence-electron chi connectivity index (χ3n) is 3.38. The lowest BCUT2D eigenvalue weighted by molar-refractivity contribution is 0.284. The number of methoxy groups -OCH3 is 1. The molecule has 0 amide bonds. The molecule has 0 N–H and O–H groups in total. The zero-order chi connectivity index (χ0) is 12.5. The van der Waals surface area contributed by atoms with Gasteiger partial charge in [-0.3, -0.25) is 4.90 Å². The Morgan fingerprint density at radius 1 is 1.41 bits per heavy atom. The number of hydrogen-bond donors (Lipinski definition) is 0. The van der Waals surface area contributed by atoms with Gasteiger partial charge in [0.1, 0.15) is 5.75 Å². The molecule has 2 rings (SSSR count). The van der Waals surface area contributed by atoms with Crippen LogP contribution in [0.1, 0.15) is 25.8 Å². The Morgan fingerprint density at radius 2 is 2.18 bits per heavy atom. The number of likely N-dealkylation sites (tertiary alicyclic amines) is 1. The van der Waals surface area contributed by atoms with Crippen molar-refractivity contribution in [2.24, 2.45) is 5.41 Å². The molecule has 1 aliphatic heterocycles. The summed E-state index contributed by atoms with van der Waals surface area (Å²) >= 11 is 3.54. The number of hydrogen-bond acceptors (Lipinski definition) is 2. The van der Waals surface area contributed by atoms with Crippen LogP contribution in [0, 0.1) is 5.41 Å². The van der Waals surface area contributed by atoms with Crippen molar-refractivity contribution in [2.75, 3.05) is 20.2 Å². The van der Waals surface area contributed by atoms with Crippen molar-refractivity contribution < 1.29 is 4.74 Å². The summed E-state index contributed by atoms with van der Waals surface area (Å²) in [6.07, 6.45) is 1.30. The summed E-state index contributed by atoms with van der Waals surface area (Å²) in [5.41, 5.74) is 1.82. The molecule has 17 heavy (non-hydrogen) atoms. The molecule has 3 heteroatoms. The van der Waals surface area contributed by atoms with Crippen LogP contribution in [0.5, 0.6) is 5.75 Å². The second kappa shape index (κ2) is 4.99. The van der Waals surface area contributed by atoms with E-state index in [2.05, 4.69) is 46.8 Å². The second-order valence-electron chi connectivity index (χ2n) is 5.59. The average molecular weight is 298 g/mol. The molecule has 1 heterocycles. The Morgan fingerprint density at radius 3 is 2.71 bits per heavy atom. The Balaban J connectivity index is 2.02. The summed E-state index contributed by atoms with van der Waals surface area (Å²) in [6, 6.07) is 6.33. The Bertz CT molecular complexity index is 403. The van der Waals surface area contributed by atoms with Gasteiger partial charge in [-0.05, 0) is 52.0 Å². The Kier molecular flexibility index (Phi) is 3.79. The summed E-state index contributed by atoms with van der Waals surface area (Å²) in [5, 5.41) is 0. The number of nitrogens with zero attached hydrogens (tertiary/aromatic N) is 1. The highest BCUT2D eigenvalue weighted by atomic mass is 79.9. The third-order valence-corrected chi connectivity index (χ3v) is 4.00. The molecule has 1 aliphatic rings. The molecule has 94 valence electrons. The maximum Gasteiger partial charge on any atom is 0.133 e. The van der Waals surface area contributed by atoms with Gasteiger partial charge in [0.2, 0.25) is 0 Å². The molecule has 0 aromatic heterocycles. The number of halogens is 1. The Labute approximate surface area is 112 Å². The first-order chi connectivity index (χ1) is 8.00. The van der Waals surface area contributed by atoms with Gasteiger partial charge in [-0.2, -0.15) is 0 Å². The van der Waals surface area contributed by atoms with Crippen LogP contribution in [-0.2, 0) is 6.54 Å². The van der Waals surface area contributed by atoms with E-state index in [0.717, 1.165) is 16.8 Å². The van der Waals surface area contributed by atoms with E-state index in [1.165, 1.54) is 25.1 Å². The van der Waals surface area contributed by atoms with Gasteiger partial charge in [-0.15, -0.1) is 0 Å². The van der Waals surface area contributed by atoms with E-state index < -0.39 is 0 Å². The molecule has 1 fully saturated rings. The fourth-order valence-corrected chi connectivity index (χ4v) is 3.01. The van der Waals surface area contributed by atoms with Crippen LogP contribution in [0.15, 0.2) is 22.7 Å². The third kappa shape index (κ3) is 3.23. The van der Waals surface area contributed by atoms with Gasteiger partial charge in [0, 0.05) is 13.1 Å². The molecule has 1 aromatic rings. The summed E-state index contributed by atoms with van der Waals surface area (Å²) in [7, 11) is 1.70. The minimum atomic E-state index is 0.476. The molecule has 0 bridgehead atoms. The van der Waals surface area contributed by atoms with Gasteiger partial charge in [0.05, 0.1) is 11.6 Å². The zero-order valence-electron chi connectivity index (χ0n) is 10.8. The van der Waals surface area contributed by atoms with Crippen LogP contribution in [0.4, 0.5) is 0 Å². The molecule has 0 spiro atoms. The van der Waals surface area contributed by atoms with Crippen LogP contribution in [0.25, 0.3) is 0 Å². The number of rotatable bonds is 3. The molecule has 2 nitrogen and oxygen atoms in total. The van der Waals surface area contributed by atoms with E-state index in [-0.39, 0.29) is 0 Å². The molecular formula is C14H20BrNO. The first kappa shape index (κ1) is 12.9. The number of benzene rings is 1. The molecule has 0 unspecified atom stereocenters. The minimum absolute atomic E-state index is 0.476. The van der Waals surface area contributed by atoms with Crippen molar-refractivity contribution in [3.05, 3.63) is 28.2 Å². The molecule has 1 saturated heterocycles. The Hall–Kier alpha value is -0.540. The van der Waals surface area contributed by atoms with E-state index in [1.54, 1.807) is 7.11 Å². The van der Waals surface area contributed by atoms with Crippen LogP contribution in [-0.4, -0.2) is 25.1 Å². The monoisotopic (exact) mass is 297 g/mol. The summed E-state index contributed by atoms with van der Waals surface area (Å²) in [5.74, 6) is 0.899. The van der Waals surface area contributed by atoms with Crippen LogP contribution < -0.4 is 4.74 Å². The van der Waals surface area contributed by atoms with Crippen molar-refractivity contribution >= 4 is 15.9 Å². The summed E-state index contributed by atoms with van der Waals surface area (Å²) in [4.78, 5) is 2.52. The largest absolute Gasteiger partial charge is 0.496 e. The van der Waals surface area contributed by atoms with E-state index in [9.17, 15) is 0 Å². The quantitative estimate of drug-likeness (QED) is 0.844. The van der Waals surface area contributed by atoms with Gasteiger partial charge >= 0.3 is 0 Å². The summed E-state index contributed by atoms with van der Waals surface area (Å²) in [6.45, 7) is 8.12. The molecule has 0 radical (unpaired) electrons. The highest BCUT2D eigenvalue weighted by Crippen LogP contribution is 2.31. The van der Waals surface area contributed by atoms with Crippen molar-refractivity contribution in [1.82, 2.24) is 4.90 Å². The second-order valence-corrected chi connectivity index (χ2v) is 6.45. The average Bonchev–Trinajstić information content (AvgIpc) is 2.58. The van der Waals surface area contributed by atoms with Gasteiger partial charge in [0.25, 0.3) is 0 Å². The lowest BCUT2D eigenvalue weighted by atomic mass is 9.93. The van der Waals surface area contributed by atoms with E-state index >= 15 is 0 Å². The highest BCUT2D eigenvalue weighted by Gasteiger charge is 2.28. The first-order valence-corrected chi connectivity index (χ1v) is 6.84. The maximum atomic E-state index is 5.24. The van der Waals surface area contributed by atoms with Crippen molar-refractivity contribution in [2.45, 2.75) is 26.8 Å². The molecule has 0 saturated carbocycles. The van der Waals surface area contributed by atoms with E-state index in [0.29, 0.717) is 5.41 Å². The highest BCUT2D eigenvalue weighted by molar-refractivity contribution is 9.10. The summed E-state index contributed by atoms with van der Waals surface area (Å²) < 4.78 is 6.28. The minimum Gasteiger partial charge on any atom is -0.496 e. The van der Waals surface area contributed by atoms with Gasteiger partial charge in [-0.1, -0.05) is 19.9 Å². The zero-order valence-corrected chi connectivity index (χ0v) is 12.4. The normalized spacial score (nSPS) is 19.5. The van der Waals surface area contributed by atoms with Crippen molar-refractivity contribution in [1.29, 1.82) is 0 Å². The SMILES string of the molecule is COc1ccc(CN2CCC(C)(C)C2)cc1Br. The van der Waals surface area contributed by atoms with Crippen molar-refractivity contribution in [3.63, 3.8) is 0 Å². The van der Waals surface area contributed by atoms with E-state index in [4.69, 9.17) is 4.74 Å². The lowest BCUT2D eigenvalue weighted by Gasteiger charge is -2.20. The number of ether oxygens (including phenoxy) is 1. The van der Waals surface area contributed by atoms with E-state index in [1.807, 2.05) is 6.07 Å². The van der Waals surface area contributed by atoms with Crippen LogP contribution >= 0.6 is 15.9 Å². The van der Waals surface area contributed by atoms with Gasteiger partial charge in [-0.25, -0.2) is 0 Å².